The Balaban J connectivity index is 1.51. The standard InChI is InChI=1S/C31H43N7O2/c1-19-12-20(2)34-29(40)25(19)17-32-16-22-13-27(23-14-30(4,5)36-31(6,7)15-23)35-28-26(22)18-33-38(28)24-8-10-37(11-9-24)21(3)39/h12-14,18,24,32,36H,8-11,15-17H2,1-7H3,(H,34,40). The van der Waals surface area contributed by atoms with Crippen molar-refractivity contribution in [3.05, 3.63) is 62.8 Å². The lowest BCUT2D eigenvalue weighted by Crippen LogP contribution is -2.53. The summed E-state index contributed by atoms with van der Waals surface area (Å²) in [6.45, 7) is 16.9. The summed E-state index contributed by atoms with van der Waals surface area (Å²) in [6, 6.07) is 4.39. The van der Waals surface area contributed by atoms with Crippen LogP contribution in [0.3, 0.4) is 0 Å². The predicted molar refractivity (Wildman–Crippen MR) is 159 cm³/mol. The zero-order valence-electron chi connectivity index (χ0n) is 24.9. The number of fused-ring (bicyclic) bond motifs is 1. The number of piperidine rings is 1. The second kappa shape index (κ2) is 10.6. The third kappa shape index (κ3) is 5.90. The first kappa shape index (κ1) is 28.2. The van der Waals surface area contributed by atoms with Crippen molar-refractivity contribution in [2.45, 2.75) is 97.9 Å². The van der Waals surface area contributed by atoms with Crippen LogP contribution in [-0.4, -0.2) is 54.7 Å². The molecular formula is C31H43N7O2. The van der Waals surface area contributed by atoms with Crippen LogP contribution in [0, 0.1) is 13.8 Å². The van der Waals surface area contributed by atoms with Gasteiger partial charge in [-0.2, -0.15) is 5.10 Å². The number of pyridine rings is 2. The molecule has 3 aromatic heterocycles. The van der Waals surface area contributed by atoms with Gasteiger partial charge in [-0.25, -0.2) is 9.67 Å². The number of hydrogen-bond acceptors (Lipinski definition) is 6. The van der Waals surface area contributed by atoms with Crippen LogP contribution >= 0.6 is 0 Å². The molecule has 2 aliphatic rings. The number of aromatic amines is 1. The van der Waals surface area contributed by atoms with E-state index in [0.29, 0.717) is 13.1 Å². The largest absolute Gasteiger partial charge is 0.343 e. The fourth-order valence-corrected chi connectivity index (χ4v) is 6.59. The quantitative estimate of drug-likeness (QED) is 0.430. The number of nitrogens with zero attached hydrogens (tertiary/aromatic N) is 4. The van der Waals surface area contributed by atoms with Gasteiger partial charge in [-0.05, 0) is 89.6 Å². The fraction of sp³-hybridized carbons (Fsp3) is 0.548. The lowest BCUT2D eigenvalue weighted by atomic mass is 9.82. The highest BCUT2D eigenvalue weighted by Crippen LogP contribution is 2.35. The molecule has 5 heterocycles. The topological polar surface area (TPSA) is 108 Å². The number of carbonyl (C=O) groups excluding carboxylic acids is 1. The van der Waals surface area contributed by atoms with Crippen LogP contribution in [-0.2, 0) is 17.9 Å². The minimum atomic E-state index is -0.157. The zero-order chi connectivity index (χ0) is 28.8. The fourth-order valence-electron chi connectivity index (χ4n) is 6.59. The van der Waals surface area contributed by atoms with Gasteiger partial charge in [-0.3, -0.25) is 9.59 Å². The molecule has 2 aliphatic heterocycles. The molecule has 1 fully saturated rings. The van der Waals surface area contributed by atoms with E-state index < -0.39 is 0 Å². The first-order chi connectivity index (χ1) is 18.8. The molecule has 0 bridgehead atoms. The summed E-state index contributed by atoms with van der Waals surface area (Å²) in [5.41, 5.74) is 6.55. The Morgan fingerprint density at radius 3 is 2.50 bits per heavy atom. The van der Waals surface area contributed by atoms with Crippen LogP contribution in [0.15, 0.2) is 29.2 Å². The first-order valence-corrected chi connectivity index (χ1v) is 14.4. The van der Waals surface area contributed by atoms with Crippen molar-refractivity contribution < 1.29 is 4.79 Å². The van der Waals surface area contributed by atoms with E-state index in [1.807, 2.05) is 31.0 Å². The molecule has 0 saturated carbocycles. The summed E-state index contributed by atoms with van der Waals surface area (Å²) >= 11 is 0. The summed E-state index contributed by atoms with van der Waals surface area (Å²) in [4.78, 5) is 34.5. The third-order valence-corrected chi connectivity index (χ3v) is 8.18. The molecular weight excluding hydrogens is 502 g/mol. The SMILES string of the molecule is CC(=O)N1CCC(n2ncc3c(CNCc4c(C)cc(C)[nH]c4=O)cc(C4=CC(C)(C)NC(C)(C)C4)nc32)CC1. The van der Waals surface area contributed by atoms with Gasteiger partial charge in [0.2, 0.25) is 5.91 Å². The average Bonchev–Trinajstić information content (AvgIpc) is 3.28. The molecule has 40 heavy (non-hydrogen) atoms. The highest BCUT2D eigenvalue weighted by molar-refractivity contribution is 5.82. The van der Waals surface area contributed by atoms with Crippen LogP contribution < -0.4 is 16.2 Å². The van der Waals surface area contributed by atoms with Gasteiger partial charge in [0, 0.05) is 60.8 Å². The lowest BCUT2D eigenvalue weighted by molar-refractivity contribution is -0.130. The average molecular weight is 546 g/mol. The van der Waals surface area contributed by atoms with E-state index in [2.05, 4.69) is 60.1 Å². The normalized spacial score (nSPS) is 19.2. The number of aromatic nitrogens is 4. The van der Waals surface area contributed by atoms with Gasteiger partial charge >= 0.3 is 0 Å². The monoisotopic (exact) mass is 545 g/mol. The van der Waals surface area contributed by atoms with Crippen LogP contribution in [0.5, 0.6) is 0 Å². The molecule has 9 nitrogen and oxygen atoms in total. The van der Waals surface area contributed by atoms with Crippen molar-refractivity contribution in [1.82, 2.24) is 35.3 Å². The third-order valence-electron chi connectivity index (χ3n) is 8.18. The molecule has 3 N–H and O–H groups in total. The Bertz CT molecular complexity index is 1520. The highest BCUT2D eigenvalue weighted by atomic mass is 16.2. The van der Waals surface area contributed by atoms with Crippen molar-refractivity contribution in [2.24, 2.45) is 0 Å². The molecule has 0 radical (unpaired) electrons. The second-order valence-corrected chi connectivity index (χ2v) is 12.9. The predicted octanol–water partition coefficient (Wildman–Crippen LogP) is 4.14. The minimum absolute atomic E-state index is 0.0420. The number of aryl methyl sites for hydroxylation is 2. The molecule has 0 aliphatic carbocycles. The molecule has 0 atom stereocenters. The maximum Gasteiger partial charge on any atom is 0.252 e. The number of amides is 1. The summed E-state index contributed by atoms with van der Waals surface area (Å²) in [6.07, 6.45) is 6.81. The van der Waals surface area contributed by atoms with Gasteiger partial charge < -0.3 is 20.5 Å². The van der Waals surface area contributed by atoms with Crippen molar-refractivity contribution >= 4 is 22.5 Å². The van der Waals surface area contributed by atoms with E-state index in [-0.39, 0.29) is 28.6 Å². The Kier molecular flexibility index (Phi) is 7.48. The van der Waals surface area contributed by atoms with Crippen LogP contribution in [0.2, 0.25) is 0 Å². The molecule has 1 amide bonds. The van der Waals surface area contributed by atoms with Gasteiger partial charge in [0.25, 0.3) is 5.56 Å². The van der Waals surface area contributed by atoms with Gasteiger partial charge in [-0.15, -0.1) is 0 Å². The molecule has 1 saturated heterocycles. The van der Waals surface area contributed by atoms with Crippen molar-refractivity contribution in [1.29, 1.82) is 0 Å². The molecule has 9 heteroatoms. The number of likely N-dealkylation sites (tertiary alicyclic amines) is 1. The Labute approximate surface area is 236 Å². The maximum absolute atomic E-state index is 12.6. The lowest BCUT2D eigenvalue weighted by Gasteiger charge is -2.41. The Morgan fingerprint density at radius 1 is 1.12 bits per heavy atom. The number of rotatable bonds is 6. The number of carbonyl (C=O) groups is 1. The maximum atomic E-state index is 12.6. The van der Waals surface area contributed by atoms with Crippen molar-refractivity contribution in [3.8, 4) is 0 Å². The van der Waals surface area contributed by atoms with Crippen LogP contribution in [0.25, 0.3) is 16.6 Å². The smallest absolute Gasteiger partial charge is 0.252 e. The molecule has 5 rings (SSSR count). The number of hydrogen-bond donors (Lipinski definition) is 3. The van der Waals surface area contributed by atoms with Crippen molar-refractivity contribution in [3.63, 3.8) is 0 Å². The molecule has 0 aromatic carbocycles. The Morgan fingerprint density at radius 2 is 1.85 bits per heavy atom. The van der Waals surface area contributed by atoms with Gasteiger partial charge in [0.15, 0.2) is 5.65 Å². The molecule has 0 unspecified atom stereocenters. The Hall–Kier alpha value is -3.30. The van der Waals surface area contributed by atoms with E-state index in [1.165, 1.54) is 5.57 Å². The van der Waals surface area contributed by atoms with E-state index in [1.54, 1.807) is 6.92 Å². The van der Waals surface area contributed by atoms with Crippen LogP contribution in [0.4, 0.5) is 0 Å². The zero-order valence-corrected chi connectivity index (χ0v) is 24.9. The first-order valence-electron chi connectivity index (χ1n) is 14.4. The van der Waals surface area contributed by atoms with E-state index in [4.69, 9.17) is 10.1 Å². The van der Waals surface area contributed by atoms with Gasteiger partial charge in [0.1, 0.15) is 0 Å². The van der Waals surface area contributed by atoms with Crippen LogP contribution in [0.1, 0.15) is 88.0 Å². The number of H-pyrrole nitrogens is 1. The van der Waals surface area contributed by atoms with Crippen molar-refractivity contribution in [2.75, 3.05) is 13.1 Å². The number of nitrogens with one attached hydrogen (secondary N) is 3. The van der Waals surface area contributed by atoms with E-state index in [0.717, 1.165) is 71.5 Å². The molecule has 3 aromatic rings. The minimum Gasteiger partial charge on any atom is -0.343 e. The molecule has 0 spiro atoms. The van der Waals surface area contributed by atoms with E-state index in [9.17, 15) is 9.59 Å². The summed E-state index contributed by atoms with van der Waals surface area (Å²) in [5, 5.41) is 13.1. The summed E-state index contributed by atoms with van der Waals surface area (Å²) in [7, 11) is 0. The second-order valence-electron chi connectivity index (χ2n) is 12.9. The highest BCUT2D eigenvalue weighted by Gasteiger charge is 2.33. The summed E-state index contributed by atoms with van der Waals surface area (Å²) < 4.78 is 2.08. The van der Waals surface area contributed by atoms with Gasteiger partial charge in [-0.1, -0.05) is 6.08 Å². The van der Waals surface area contributed by atoms with E-state index >= 15 is 0 Å². The molecule has 214 valence electrons. The summed E-state index contributed by atoms with van der Waals surface area (Å²) in [5.74, 6) is 0.128. The van der Waals surface area contributed by atoms with Gasteiger partial charge in [0.05, 0.1) is 17.9 Å².